The summed E-state index contributed by atoms with van der Waals surface area (Å²) in [6.45, 7) is 3.54. The maximum absolute atomic E-state index is 12.2. The van der Waals surface area contributed by atoms with E-state index in [9.17, 15) is 14.7 Å². The Morgan fingerprint density at radius 2 is 2.20 bits per heavy atom. The lowest BCUT2D eigenvalue weighted by molar-refractivity contribution is -0.141. The van der Waals surface area contributed by atoms with E-state index >= 15 is 0 Å². The molecule has 1 heterocycles. The highest BCUT2D eigenvalue weighted by atomic mass is 32.1. The molecule has 0 aromatic carbocycles. The predicted molar refractivity (Wildman–Crippen MR) is 76.1 cm³/mol. The summed E-state index contributed by atoms with van der Waals surface area (Å²) in [5.74, 6) is -1.02. The van der Waals surface area contributed by atoms with Crippen LogP contribution in [0.15, 0.2) is 5.38 Å². The smallest absolute Gasteiger partial charge is 0.328 e. The second kappa shape index (κ2) is 5.93. The minimum atomic E-state index is -1.28. The Labute approximate surface area is 121 Å². The lowest BCUT2D eigenvalue weighted by Gasteiger charge is -2.20. The Bertz CT molecular complexity index is 523. The molecule has 0 spiro atoms. The highest BCUT2D eigenvalue weighted by molar-refractivity contribution is 7.10. The number of thiophene rings is 1. The third kappa shape index (κ3) is 3.02. The minimum Gasteiger partial charge on any atom is -0.480 e. The second-order valence-electron chi connectivity index (χ2n) is 5.43. The Balaban J connectivity index is 2.16. The van der Waals surface area contributed by atoms with Crippen LogP contribution < -0.4 is 5.32 Å². The summed E-state index contributed by atoms with van der Waals surface area (Å²) in [6, 6.07) is -1.28. The zero-order chi connectivity index (χ0) is 14.9. The van der Waals surface area contributed by atoms with Gasteiger partial charge in [0.25, 0.3) is 5.91 Å². The zero-order valence-electron chi connectivity index (χ0n) is 11.5. The van der Waals surface area contributed by atoms with Gasteiger partial charge in [0.15, 0.2) is 6.04 Å². The quantitative estimate of drug-likeness (QED) is 0.785. The summed E-state index contributed by atoms with van der Waals surface area (Å²) in [5, 5.41) is 22.6. The van der Waals surface area contributed by atoms with Crippen LogP contribution in [-0.4, -0.2) is 34.2 Å². The topological polar surface area (TPSA) is 86.6 Å². The predicted octanol–water partition coefficient (Wildman–Crippen LogP) is 1.44. The fourth-order valence-corrected chi connectivity index (χ4v) is 3.72. The highest BCUT2D eigenvalue weighted by Gasteiger charge is 2.28. The first-order valence-electron chi connectivity index (χ1n) is 6.71. The number of carbonyl (C=O) groups excluding carboxylic acids is 1. The molecular formula is C14H19NO4S. The number of carboxylic acid groups (broad SMARTS) is 1. The molecule has 3 atom stereocenters. The largest absolute Gasteiger partial charge is 0.480 e. The molecule has 3 N–H and O–H groups in total. The van der Waals surface area contributed by atoms with Gasteiger partial charge in [-0.05, 0) is 37.7 Å². The molecule has 0 radical (unpaired) electrons. The van der Waals surface area contributed by atoms with Gasteiger partial charge in [0.05, 0.1) is 11.7 Å². The van der Waals surface area contributed by atoms with Gasteiger partial charge in [-0.1, -0.05) is 6.92 Å². The summed E-state index contributed by atoms with van der Waals surface area (Å²) in [4.78, 5) is 24.4. The Morgan fingerprint density at radius 1 is 1.50 bits per heavy atom. The van der Waals surface area contributed by atoms with Crippen molar-refractivity contribution in [1.29, 1.82) is 0 Å². The first-order chi connectivity index (χ1) is 9.40. The molecule has 1 amide bonds. The molecule has 110 valence electrons. The average molecular weight is 297 g/mol. The maximum atomic E-state index is 12.2. The summed E-state index contributed by atoms with van der Waals surface area (Å²) < 4.78 is 0. The number of aliphatic hydroxyl groups is 1. The van der Waals surface area contributed by atoms with E-state index in [1.807, 2.05) is 0 Å². The number of rotatable bonds is 4. The van der Waals surface area contributed by atoms with Gasteiger partial charge in [-0.25, -0.2) is 4.79 Å². The molecule has 5 nitrogen and oxygen atoms in total. The van der Waals surface area contributed by atoms with Gasteiger partial charge in [0, 0.05) is 10.3 Å². The molecule has 1 aromatic rings. The third-order valence-electron chi connectivity index (χ3n) is 3.68. The summed E-state index contributed by atoms with van der Waals surface area (Å²) >= 11 is 1.56. The molecule has 1 unspecified atom stereocenters. The van der Waals surface area contributed by atoms with Crippen LogP contribution in [0, 0.1) is 5.92 Å². The maximum Gasteiger partial charge on any atom is 0.328 e. The summed E-state index contributed by atoms with van der Waals surface area (Å²) in [6.07, 6.45) is 1.75. The second-order valence-corrected chi connectivity index (χ2v) is 6.39. The average Bonchev–Trinajstić information content (AvgIpc) is 2.77. The van der Waals surface area contributed by atoms with Crippen LogP contribution in [0.25, 0.3) is 0 Å². The number of nitrogens with one attached hydrogen (secondary N) is 1. The van der Waals surface area contributed by atoms with Crippen molar-refractivity contribution in [2.24, 2.45) is 5.92 Å². The van der Waals surface area contributed by atoms with E-state index in [0.29, 0.717) is 11.5 Å². The lowest BCUT2D eigenvalue weighted by Crippen LogP contribution is -2.47. The molecule has 1 aliphatic rings. The van der Waals surface area contributed by atoms with Crippen molar-refractivity contribution in [3.8, 4) is 0 Å². The highest BCUT2D eigenvalue weighted by Crippen LogP contribution is 2.32. The third-order valence-corrected chi connectivity index (χ3v) is 4.73. The fraction of sp³-hybridized carbons (Fsp3) is 0.571. The summed E-state index contributed by atoms with van der Waals surface area (Å²) in [5.41, 5.74) is 1.60. The van der Waals surface area contributed by atoms with Crippen molar-refractivity contribution < 1.29 is 19.8 Å². The van der Waals surface area contributed by atoms with Crippen LogP contribution in [0.1, 0.15) is 41.1 Å². The fourth-order valence-electron chi connectivity index (χ4n) is 2.48. The molecule has 0 saturated carbocycles. The van der Waals surface area contributed by atoms with Crippen molar-refractivity contribution in [1.82, 2.24) is 5.32 Å². The number of hydrogen-bond acceptors (Lipinski definition) is 4. The molecule has 0 saturated heterocycles. The van der Waals surface area contributed by atoms with Gasteiger partial charge in [0.1, 0.15) is 0 Å². The number of aliphatic carboxylic acids is 1. The number of hydrogen-bond donors (Lipinski definition) is 3. The van der Waals surface area contributed by atoms with Gasteiger partial charge in [-0.15, -0.1) is 11.3 Å². The van der Waals surface area contributed by atoms with Crippen molar-refractivity contribution in [3.63, 3.8) is 0 Å². The minimum absolute atomic E-state index is 0.412. The van der Waals surface area contributed by atoms with E-state index < -0.39 is 24.0 Å². The first kappa shape index (κ1) is 15.0. The van der Waals surface area contributed by atoms with Crippen LogP contribution in [0.2, 0.25) is 0 Å². The molecule has 6 heteroatoms. The molecule has 0 fully saturated rings. The van der Waals surface area contributed by atoms with Crippen LogP contribution in [-0.2, 0) is 17.6 Å². The number of aliphatic hydroxyl groups excluding tert-OH is 1. The van der Waals surface area contributed by atoms with E-state index in [0.717, 1.165) is 24.8 Å². The van der Waals surface area contributed by atoms with Crippen molar-refractivity contribution in [2.45, 2.75) is 45.3 Å². The van der Waals surface area contributed by atoms with Crippen LogP contribution >= 0.6 is 11.3 Å². The molecule has 0 aliphatic heterocycles. The van der Waals surface area contributed by atoms with Crippen LogP contribution in [0.3, 0.4) is 0 Å². The lowest BCUT2D eigenvalue weighted by atomic mass is 9.88. The standard InChI is InChI=1S/C14H19NO4S/c1-7-3-4-9-10(6-20-11(9)5-7)13(17)15-12(8(2)16)14(18)19/h6-8,12,16H,3-5H2,1-2H3,(H,15,17)(H,18,19)/t7?,8-,12+/m1/s1. The van der Waals surface area contributed by atoms with Crippen LogP contribution in [0.4, 0.5) is 0 Å². The monoisotopic (exact) mass is 297 g/mol. The number of carboxylic acids is 1. The molecule has 20 heavy (non-hydrogen) atoms. The van der Waals surface area contributed by atoms with E-state index in [-0.39, 0.29) is 0 Å². The molecule has 0 bridgehead atoms. The van der Waals surface area contributed by atoms with Gasteiger partial charge in [-0.2, -0.15) is 0 Å². The Hall–Kier alpha value is -1.40. The van der Waals surface area contributed by atoms with E-state index in [1.165, 1.54) is 11.8 Å². The molecule has 1 aliphatic carbocycles. The van der Waals surface area contributed by atoms with Crippen molar-refractivity contribution in [3.05, 3.63) is 21.4 Å². The Kier molecular flexibility index (Phi) is 4.45. The van der Waals surface area contributed by atoms with Gasteiger partial charge < -0.3 is 15.5 Å². The van der Waals surface area contributed by atoms with Crippen molar-refractivity contribution in [2.75, 3.05) is 0 Å². The van der Waals surface area contributed by atoms with E-state index in [2.05, 4.69) is 12.2 Å². The van der Waals surface area contributed by atoms with Gasteiger partial charge >= 0.3 is 5.97 Å². The number of fused-ring (bicyclic) bond motifs is 1. The zero-order valence-corrected chi connectivity index (χ0v) is 12.4. The van der Waals surface area contributed by atoms with E-state index in [1.54, 1.807) is 16.7 Å². The number of carbonyl (C=O) groups is 2. The molecular weight excluding hydrogens is 278 g/mol. The van der Waals surface area contributed by atoms with Gasteiger partial charge in [0.2, 0.25) is 0 Å². The Morgan fingerprint density at radius 3 is 2.80 bits per heavy atom. The molecule has 2 rings (SSSR count). The molecule has 1 aromatic heterocycles. The van der Waals surface area contributed by atoms with Crippen LogP contribution in [0.5, 0.6) is 0 Å². The first-order valence-corrected chi connectivity index (χ1v) is 7.59. The van der Waals surface area contributed by atoms with E-state index in [4.69, 9.17) is 5.11 Å². The number of amides is 1. The van der Waals surface area contributed by atoms with Gasteiger partial charge in [-0.3, -0.25) is 4.79 Å². The summed E-state index contributed by atoms with van der Waals surface area (Å²) in [7, 11) is 0. The normalized spacial score (nSPS) is 20.9. The van der Waals surface area contributed by atoms with Crippen molar-refractivity contribution >= 4 is 23.2 Å². The SMILES string of the molecule is CC1CCc2c(C(=O)N[C@H](C(=O)O)[C@@H](C)O)csc2C1.